The Morgan fingerprint density at radius 1 is 1.26 bits per heavy atom. The molecular weight excluding hydrogens is 240 g/mol. The van der Waals surface area contributed by atoms with E-state index >= 15 is 0 Å². The maximum absolute atomic E-state index is 9.30. The van der Waals surface area contributed by atoms with Gasteiger partial charge in [0.15, 0.2) is 0 Å². The highest BCUT2D eigenvalue weighted by Crippen LogP contribution is 2.26. The molecule has 19 heavy (non-hydrogen) atoms. The third-order valence-electron chi connectivity index (χ3n) is 3.57. The van der Waals surface area contributed by atoms with Gasteiger partial charge in [-0.3, -0.25) is 4.90 Å². The largest absolute Gasteiger partial charge is 0.494 e. The second-order valence-corrected chi connectivity index (χ2v) is 4.82. The van der Waals surface area contributed by atoms with Crippen LogP contribution in [0, 0.1) is 0 Å². The lowest BCUT2D eigenvalue weighted by Gasteiger charge is -2.35. The molecule has 0 saturated carbocycles. The highest BCUT2D eigenvalue weighted by molar-refractivity contribution is 5.29. The summed E-state index contributed by atoms with van der Waals surface area (Å²) < 4.78 is 5.47. The van der Waals surface area contributed by atoms with Crippen LogP contribution in [-0.2, 0) is 0 Å². The minimum atomic E-state index is 0.224. The normalized spacial score (nSPS) is 18.2. The molecular formula is C15H24N2O2. The Labute approximate surface area is 115 Å². The minimum Gasteiger partial charge on any atom is -0.494 e. The predicted octanol–water partition coefficient (Wildman–Crippen LogP) is 1.41. The fourth-order valence-corrected chi connectivity index (χ4v) is 2.63. The Morgan fingerprint density at radius 2 is 1.95 bits per heavy atom. The van der Waals surface area contributed by atoms with Crippen LogP contribution < -0.4 is 10.1 Å². The molecule has 4 heteroatoms. The number of hydrogen-bond acceptors (Lipinski definition) is 4. The van der Waals surface area contributed by atoms with Crippen molar-refractivity contribution < 1.29 is 9.84 Å². The van der Waals surface area contributed by atoms with Gasteiger partial charge >= 0.3 is 0 Å². The zero-order valence-corrected chi connectivity index (χ0v) is 11.6. The molecule has 0 aromatic heterocycles. The van der Waals surface area contributed by atoms with Gasteiger partial charge in [0.2, 0.25) is 0 Å². The molecule has 1 fully saturated rings. The number of nitrogens with zero attached hydrogens (tertiary/aromatic N) is 1. The highest BCUT2D eigenvalue weighted by atomic mass is 16.5. The second kappa shape index (κ2) is 7.48. The Balaban J connectivity index is 2.08. The Morgan fingerprint density at radius 3 is 2.53 bits per heavy atom. The Bertz CT molecular complexity index is 361. The number of ether oxygens (including phenoxy) is 1. The van der Waals surface area contributed by atoms with E-state index in [1.54, 1.807) is 0 Å². The average molecular weight is 264 g/mol. The molecule has 0 aliphatic carbocycles. The van der Waals surface area contributed by atoms with Crippen molar-refractivity contribution >= 4 is 0 Å². The molecule has 2 N–H and O–H groups in total. The second-order valence-electron chi connectivity index (χ2n) is 4.82. The lowest BCUT2D eigenvalue weighted by molar-refractivity contribution is 0.141. The number of aliphatic hydroxyl groups is 1. The van der Waals surface area contributed by atoms with E-state index in [9.17, 15) is 5.11 Å². The van der Waals surface area contributed by atoms with Crippen molar-refractivity contribution in [3.8, 4) is 5.75 Å². The first-order valence-corrected chi connectivity index (χ1v) is 7.13. The number of hydrogen-bond donors (Lipinski definition) is 2. The highest BCUT2D eigenvalue weighted by Gasteiger charge is 2.21. The number of nitrogens with one attached hydrogen (secondary N) is 1. The smallest absolute Gasteiger partial charge is 0.119 e. The molecule has 1 aliphatic rings. The van der Waals surface area contributed by atoms with Crippen molar-refractivity contribution in [2.75, 3.05) is 39.4 Å². The summed E-state index contributed by atoms with van der Waals surface area (Å²) in [6.07, 6.45) is 0.786. The fraction of sp³-hybridized carbons (Fsp3) is 0.600. The summed E-state index contributed by atoms with van der Waals surface area (Å²) in [4.78, 5) is 2.45. The van der Waals surface area contributed by atoms with Gasteiger partial charge in [0, 0.05) is 38.8 Å². The first-order valence-electron chi connectivity index (χ1n) is 7.13. The van der Waals surface area contributed by atoms with E-state index in [1.807, 2.05) is 19.1 Å². The molecule has 2 rings (SSSR count). The summed E-state index contributed by atoms with van der Waals surface area (Å²) in [5, 5.41) is 12.7. The molecule has 1 saturated heterocycles. The lowest BCUT2D eigenvalue weighted by Crippen LogP contribution is -2.45. The molecule has 1 aliphatic heterocycles. The van der Waals surface area contributed by atoms with Crippen LogP contribution in [0.3, 0.4) is 0 Å². The van der Waals surface area contributed by atoms with Gasteiger partial charge in [-0.2, -0.15) is 0 Å². The minimum absolute atomic E-state index is 0.224. The lowest BCUT2D eigenvalue weighted by atomic mass is 10.0. The van der Waals surface area contributed by atoms with Gasteiger partial charge < -0.3 is 15.2 Å². The van der Waals surface area contributed by atoms with Gasteiger partial charge in [-0.1, -0.05) is 12.1 Å². The maximum Gasteiger partial charge on any atom is 0.119 e. The molecule has 1 unspecified atom stereocenters. The maximum atomic E-state index is 9.30. The van der Waals surface area contributed by atoms with Gasteiger partial charge in [0.05, 0.1) is 6.61 Å². The van der Waals surface area contributed by atoms with Crippen LogP contribution >= 0.6 is 0 Å². The number of piperazine rings is 1. The Hall–Kier alpha value is -1.10. The van der Waals surface area contributed by atoms with Crippen molar-refractivity contribution in [2.45, 2.75) is 19.4 Å². The molecule has 4 nitrogen and oxygen atoms in total. The summed E-state index contributed by atoms with van der Waals surface area (Å²) in [7, 11) is 0. The fourth-order valence-electron chi connectivity index (χ4n) is 2.63. The molecule has 1 aromatic rings. The van der Waals surface area contributed by atoms with E-state index in [4.69, 9.17) is 4.74 Å². The van der Waals surface area contributed by atoms with E-state index in [0.29, 0.717) is 12.6 Å². The molecule has 0 bridgehead atoms. The number of aliphatic hydroxyl groups excluding tert-OH is 1. The van der Waals surface area contributed by atoms with Crippen LogP contribution in [0.4, 0.5) is 0 Å². The zero-order chi connectivity index (χ0) is 13.5. The topological polar surface area (TPSA) is 44.7 Å². The monoisotopic (exact) mass is 264 g/mol. The van der Waals surface area contributed by atoms with Gasteiger partial charge in [-0.05, 0) is 31.0 Å². The van der Waals surface area contributed by atoms with Crippen molar-refractivity contribution in [1.29, 1.82) is 0 Å². The third-order valence-corrected chi connectivity index (χ3v) is 3.57. The van der Waals surface area contributed by atoms with Crippen molar-refractivity contribution in [1.82, 2.24) is 10.2 Å². The summed E-state index contributed by atoms with van der Waals surface area (Å²) in [6, 6.07) is 8.58. The van der Waals surface area contributed by atoms with Crippen LogP contribution in [0.1, 0.15) is 24.9 Å². The van der Waals surface area contributed by atoms with Gasteiger partial charge in [0.25, 0.3) is 0 Å². The molecule has 0 amide bonds. The zero-order valence-electron chi connectivity index (χ0n) is 11.6. The number of benzene rings is 1. The van der Waals surface area contributed by atoms with Crippen LogP contribution in [0.5, 0.6) is 5.75 Å². The number of rotatable bonds is 6. The molecule has 106 valence electrons. The van der Waals surface area contributed by atoms with E-state index in [1.165, 1.54) is 5.56 Å². The van der Waals surface area contributed by atoms with Crippen LogP contribution in [0.15, 0.2) is 24.3 Å². The van der Waals surface area contributed by atoms with Crippen LogP contribution in [0.25, 0.3) is 0 Å². The van der Waals surface area contributed by atoms with Crippen molar-refractivity contribution in [2.24, 2.45) is 0 Å². The van der Waals surface area contributed by atoms with Crippen molar-refractivity contribution in [3.63, 3.8) is 0 Å². The first kappa shape index (κ1) is 14.3. The van der Waals surface area contributed by atoms with Gasteiger partial charge in [-0.25, -0.2) is 0 Å². The summed E-state index contributed by atoms with van der Waals surface area (Å²) >= 11 is 0. The van der Waals surface area contributed by atoms with Crippen LogP contribution in [-0.4, -0.2) is 49.4 Å². The van der Waals surface area contributed by atoms with Crippen molar-refractivity contribution in [3.05, 3.63) is 29.8 Å². The van der Waals surface area contributed by atoms with Gasteiger partial charge in [-0.15, -0.1) is 0 Å². The molecule has 0 spiro atoms. The quantitative estimate of drug-likeness (QED) is 0.815. The SMILES string of the molecule is CCOc1ccc(C(CCO)N2CCNCC2)cc1. The Kier molecular flexibility index (Phi) is 5.63. The summed E-state index contributed by atoms with van der Waals surface area (Å²) in [5.41, 5.74) is 1.26. The molecule has 0 radical (unpaired) electrons. The van der Waals surface area contributed by atoms with Gasteiger partial charge in [0.1, 0.15) is 5.75 Å². The third kappa shape index (κ3) is 3.93. The summed E-state index contributed by atoms with van der Waals surface area (Å²) in [6.45, 7) is 7.04. The summed E-state index contributed by atoms with van der Waals surface area (Å²) in [5.74, 6) is 0.911. The molecule has 1 heterocycles. The van der Waals surface area contributed by atoms with E-state index in [2.05, 4.69) is 22.3 Å². The van der Waals surface area contributed by atoms with E-state index in [-0.39, 0.29) is 6.61 Å². The molecule has 1 aromatic carbocycles. The predicted molar refractivity (Wildman–Crippen MR) is 76.5 cm³/mol. The van der Waals surface area contributed by atoms with E-state index in [0.717, 1.165) is 38.3 Å². The van der Waals surface area contributed by atoms with E-state index < -0.39 is 0 Å². The van der Waals surface area contributed by atoms with Crippen LogP contribution in [0.2, 0.25) is 0 Å². The average Bonchev–Trinajstić information content (AvgIpc) is 2.47. The first-order chi connectivity index (χ1) is 9.35. The standard InChI is InChI=1S/C15H24N2O2/c1-2-19-14-5-3-13(4-6-14)15(7-12-18)17-10-8-16-9-11-17/h3-6,15-16,18H,2,7-12H2,1H3. The molecule has 1 atom stereocenters.